The molecular weight excluding hydrogens is 234 g/mol. The topological polar surface area (TPSA) is 17.1 Å². The second-order valence-corrected chi connectivity index (χ2v) is 3.95. The van der Waals surface area contributed by atoms with Crippen LogP contribution in [0, 0.1) is 11.6 Å². The lowest BCUT2D eigenvalue weighted by atomic mass is 9.99. The average molecular weight is 246 g/mol. The summed E-state index contributed by atoms with van der Waals surface area (Å²) in [6, 6.07) is 9.96. The normalized spacial score (nSPS) is 10.4. The highest BCUT2D eigenvalue weighted by Gasteiger charge is 2.12. The van der Waals surface area contributed by atoms with Gasteiger partial charge >= 0.3 is 0 Å². The van der Waals surface area contributed by atoms with E-state index in [0.29, 0.717) is 12.0 Å². The quantitative estimate of drug-likeness (QED) is 0.741. The van der Waals surface area contributed by atoms with Gasteiger partial charge in [0.2, 0.25) is 0 Å². The molecule has 1 nitrogen and oxygen atoms in total. The Hall–Kier alpha value is -2.03. The van der Waals surface area contributed by atoms with Crippen molar-refractivity contribution in [3.8, 4) is 11.1 Å². The molecule has 2 aromatic carbocycles. The summed E-state index contributed by atoms with van der Waals surface area (Å²) < 4.78 is 27.3. The highest BCUT2D eigenvalue weighted by atomic mass is 19.1. The van der Waals surface area contributed by atoms with E-state index < -0.39 is 11.6 Å². The van der Waals surface area contributed by atoms with Crippen LogP contribution in [0.3, 0.4) is 0 Å². The zero-order chi connectivity index (χ0) is 13.1. The first kappa shape index (κ1) is 12.4. The zero-order valence-electron chi connectivity index (χ0n) is 9.91. The SMILES string of the molecule is CCC(=O)c1ccc(F)c(-c2ccccc2F)c1. The molecule has 0 aliphatic heterocycles. The van der Waals surface area contributed by atoms with Gasteiger partial charge in [-0.05, 0) is 24.3 Å². The lowest BCUT2D eigenvalue weighted by Crippen LogP contribution is -1.98. The maximum atomic E-state index is 13.7. The number of benzene rings is 2. The first-order valence-corrected chi connectivity index (χ1v) is 5.71. The van der Waals surface area contributed by atoms with Crippen molar-refractivity contribution in [2.45, 2.75) is 13.3 Å². The molecule has 0 aliphatic carbocycles. The van der Waals surface area contributed by atoms with Crippen LogP contribution in [-0.4, -0.2) is 5.78 Å². The van der Waals surface area contributed by atoms with Crippen LogP contribution in [0.5, 0.6) is 0 Å². The summed E-state index contributed by atoms with van der Waals surface area (Å²) in [4.78, 5) is 11.6. The number of hydrogen-bond acceptors (Lipinski definition) is 1. The second kappa shape index (κ2) is 5.08. The fourth-order valence-corrected chi connectivity index (χ4v) is 1.79. The van der Waals surface area contributed by atoms with E-state index in [4.69, 9.17) is 0 Å². The van der Waals surface area contributed by atoms with Gasteiger partial charge in [-0.25, -0.2) is 8.78 Å². The van der Waals surface area contributed by atoms with Crippen molar-refractivity contribution < 1.29 is 13.6 Å². The maximum Gasteiger partial charge on any atom is 0.162 e. The predicted octanol–water partition coefficient (Wildman–Crippen LogP) is 4.22. The predicted molar refractivity (Wildman–Crippen MR) is 66.4 cm³/mol. The molecule has 18 heavy (non-hydrogen) atoms. The standard InChI is InChI=1S/C15H12F2O/c1-2-15(18)10-7-8-14(17)12(9-10)11-5-3-4-6-13(11)16/h3-9H,2H2,1H3. The van der Waals surface area contributed by atoms with Gasteiger partial charge in [-0.2, -0.15) is 0 Å². The largest absolute Gasteiger partial charge is 0.294 e. The number of hydrogen-bond donors (Lipinski definition) is 0. The molecule has 0 N–H and O–H groups in total. The van der Waals surface area contributed by atoms with Crippen molar-refractivity contribution in [1.82, 2.24) is 0 Å². The fraction of sp³-hybridized carbons (Fsp3) is 0.133. The number of halogens is 2. The van der Waals surface area contributed by atoms with E-state index in [1.165, 1.54) is 36.4 Å². The van der Waals surface area contributed by atoms with E-state index in [-0.39, 0.29) is 16.9 Å². The fourth-order valence-electron chi connectivity index (χ4n) is 1.79. The average Bonchev–Trinajstić information content (AvgIpc) is 2.39. The maximum absolute atomic E-state index is 13.7. The van der Waals surface area contributed by atoms with E-state index in [0.717, 1.165) is 0 Å². The molecule has 0 spiro atoms. The third kappa shape index (κ3) is 2.30. The van der Waals surface area contributed by atoms with E-state index in [2.05, 4.69) is 0 Å². The summed E-state index contributed by atoms with van der Waals surface area (Å²) in [5, 5.41) is 0. The molecule has 0 radical (unpaired) electrons. The van der Waals surface area contributed by atoms with Gasteiger partial charge in [-0.1, -0.05) is 25.1 Å². The van der Waals surface area contributed by atoms with Crippen LogP contribution in [0.2, 0.25) is 0 Å². The monoisotopic (exact) mass is 246 g/mol. The summed E-state index contributed by atoms with van der Waals surface area (Å²) in [6.45, 7) is 1.73. The lowest BCUT2D eigenvalue weighted by Gasteiger charge is -2.07. The number of carbonyl (C=O) groups is 1. The molecule has 0 aromatic heterocycles. The van der Waals surface area contributed by atoms with E-state index in [1.54, 1.807) is 13.0 Å². The molecule has 0 atom stereocenters. The van der Waals surface area contributed by atoms with Gasteiger partial charge in [0.05, 0.1) is 0 Å². The van der Waals surface area contributed by atoms with Crippen molar-refractivity contribution in [2.75, 3.05) is 0 Å². The van der Waals surface area contributed by atoms with Crippen molar-refractivity contribution in [2.24, 2.45) is 0 Å². The molecule has 0 unspecified atom stereocenters. The lowest BCUT2D eigenvalue weighted by molar-refractivity contribution is 0.0988. The van der Waals surface area contributed by atoms with Gasteiger partial charge in [0.25, 0.3) is 0 Å². The van der Waals surface area contributed by atoms with Crippen LogP contribution in [0.1, 0.15) is 23.7 Å². The van der Waals surface area contributed by atoms with Crippen molar-refractivity contribution in [3.05, 3.63) is 59.7 Å². The number of ketones is 1. The Morgan fingerprint density at radius 2 is 1.67 bits per heavy atom. The summed E-state index contributed by atoms with van der Waals surface area (Å²) in [6.07, 6.45) is 0.336. The van der Waals surface area contributed by atoms with Gasteiger partial charge in [0, 0.05) is 23.1 Å². The molecule has 92 valence electrons. The first-order chi connectivity index (χ1) is 8.63. The van der Waals surface area contributed by atoms with Crippen molar-refractivity contribution >= 4 is 5.78 Å². The van der Waals surface area contributed by atoms with Gasteiger partial charge in [0.15, 0.2) is 5.78 Å². The Balaban J connectivity index is 2.57. The molecule has 0 bridgehead atoms. The molecular formula is C15H12F2O. The van der Waals surface area contributed by atoms with Crippen molar-refractivity contribution in [1.29, 1.82) is 0 Å². The number of rotatable bonds is 3. The van der Waals surface area contributed by atoms with Gasteiger partial charge < -0.3 is 0 Å². The molecule has 0 heterocycles. The third-order valence-corrected chi connectivity index (χ3v) is 2.77. The Kier molecular flexibility index (Phi) is 3.51. The minimum atomic E-state index is -0.534. The van der Waals surface area contributed by atoms with Crippen LogP contribution in [-0.2, 0) is 0 Å². The van der Waals surface area contributed by atoms with Crippen LogP contribution in [0.4, 0.5) is 8.78 Å². The summed E-state index contributed by atoms with van der Waals surface area (Å²) >= 11 is 0. The first-order valence-electron chi connectivity index (χ1n) is 5.71. The number of Topliss-reactive ketones (excluding diaryl/α,β-unsaturated/α-hetero) is 1. The Bertz CT molecular complexity index is 591. The summed E-state index contributed by atoms with van der Waals surface area (Å²) in [7, 11) is 0. The molecule has 2 aromatic rings. The van der Waals surface area contributed by atoms with Crippen LogP contribution in [0.15, 0.2) is 42.5 Å². The van der Waals surface area contributed by atoms with Crippen LogP contribution < -0.4 is 0 Å². The Morgan fingerprint density at radius 3 is 2.33 bits per heavy atom. The van der Waals surface area contributed by atoms with Gasteiger partial charge in [-0.3, -0.25) is 4.79 Å². The zero-order valence-corrected chi connectivity index (χ0v) is 9.91. The van der Waals surface area contributed by atoms with E-state index >= 15 is 0 Å². The molecule has 0 aliphatic rings. The molecule has 0 saturated heterocycles. The van der Waals surface area contributed by atoms with Gasteiger partial charge in [-0.15, -0.1) is 0 Å². The second-order valence-electron chi connectivity index (χ2n) is 3.95. The minimum absolute atomic E-state index is 0.0902. The summed E-state index contributed by atoms with van der Waals surface area (Å²) in [5.41, 5.74) is 0.685. The molecule has 2 rings (SSSR count). The smallest absolute Gasteiger partial charge is 0.162 e. The summed E-state index contributed by atoms with van der Waals surface area (Å²) in [5.74, 6) is -1.13. The molecule has 3 heteroatoms. The van der Waals surface area contributed by atoms with Gasteiger partial charge in [0.1, 0.15) is 11.6 Å². The third-order valence-electron chi connectivity index (χ3n) is 2.77. The van der Waals surface area contributed by atoms with Crippen LogP contribution >= 0.6 is 0 Å². The molecule has 0 fully saturated rings. The van der Waals surface area contributed by atoms with Crippen LogP contribution in [0.25, 0.3) is 11.1 Å². The minimum Gasteiger partial charge on any atom is -0.294 e. The number of carbonyl (C=O) groups excluding carboxylic acids is 1. The van der Waals surface area contributed by atoms with E-state index in [9.17, 15) is 13.6 Å². The van der Waals surface area contributed by atoms with E-state index in [1.807, 2.05) is 0 Å². The Morgan fingerprint density at radius 1 is 1.00 bits per heavy atom. The Labute approximate surface area is 104 Å². The van der Waals surface area contributed by atoms with Crippen molar-refractivity contribution in [3.63, 3.8) is 0 Å². The highest BCUT2D eigenvalue weighted by Crippen LogP contribution is 2.26. The molecule has 0 amide bonds. The molecule has 0 saturated carbocycles. The highest BCUT2D eigenvalue weighted by molar-refractivity contribution is 5.97.